The van der Waals surface area contributed by atoms with Crippen molar-refractivity contribution >= 4 is 5.78 Å². The van der Waals surface area contributed by atoms with Crippen LogP contribution in [-0.2, 0) is 9.53 Å². The molecule has 4 rings (SSSR count). The minimum Gasteiger partial charge on any atom is -0.390 e. The van der Waals surface area contributed by atoms with Crippen molar-refractivity contribution in [3.8, 4) is 0 Å². The zero-order valence-corrected chi connectivity index (χ0v) is 14.9. The molecule has 4 aliphatic rings. The molecule has 0 radical (unpaired) electrons. The maximum absolute atomic E-state index is 13.2. The molecule has 0 heterocycles. The van der Waals surface area contributed by atoms with Crippen molar-refractivity contribution in [3.63, 3.8) is 0 Å². The van der Waals surface area contributed by atoms with Crippen molar-refractivity contribution < 1.29 is 14.6 Å². The molecule has 8 unspecified atom stereocenters. The Morgan fingerprint density at radius 2 is 2.00 bits per heavy atom. The second-order valence-electron chi connectivity index (χ2n) is 9.50. The van der Waals surface area contributed by atoms with Crippen LogP contribution in [0.1, 0.15) is 65.2 Å². The van der Waals surface area contributed by atoms with Gasteiger partial charge in [0.05, 0.1) is 12.2 Å². The van der Waals surface area contributed by atoms with E-state index in [2.05, 4.69) is 13.8 Å². The molecule has 0 spiro atoms. The summed E-state index contributed by atoms with van der Waals surface area (Å²) in [5.74, 6) is 2.55. The summed E-state index contributed by atoms with van der Waals surface area (Å²) in [7, 11) is 1.70. The van der Waals surface area contributed by atoms with Crippen LogP contribution in [0.4, 0.5) is 0 Å². The zero-order chi connectivity index (χ0) is 16.4. The summed E-state index contributed by atoms with van der Waals surface area (Å²) >= 11 is 0. The zero-order valence-electron chi connectivity index (χ0n) is 14.9. The van der Waals surface area contributed by atoms with Gasteiger partial charge in [-0.15, -0.1) is 0 Å². The third-order valence-corrected chi connectivity index (χ3v) is 8.42. The molecule has 3 heteroatoms. The number of methoxy groups -OCH3 is 1. The fourth-order valence-corrected chi connectivity index (χ4v) is 7.33. The van der Waals surface area contributed by atoms with Crippen LogP contribution in [-0.4, -0.2) is 30.2 Å². The lowest BCUT2D eigenvalue weighted by Gasteiger charge is -2.60. The highest BCUT2D eigenvalue weighted by Crippen LogP contribution is 2.65. The monoisotopic (exact) mass is 320 g/mol. The van der Waals surface area contributed by atoms with Crippen LogP contribution in [0, 0.1) is 34.5 Å². The highest BCUT2D eigenvalue weighted by Gasteiger charge is 2.62. The first kappa shape index (κ1) is 16.1. The minimum atomic E-state index is -0.356. The molecule has 0 saturated heterocycles. The first-order valence-corrected chi connectivity index (χ1v) is 9.62. The van der Waals surface area contributed by atoms with Crippen molar-refractivity contribution in [2.24, 2.45) is 34.5 Å². The molecule has 0 aromatic heterocycles. The number of ether oxygens (including phenoxy) is 1. The molecule has 4 fully saturated rings. The Kier molecular flexibility index (Phi) is 3.70. The fourth-order valence-electron chi connectivity index (χ4n) is 7.33. The summed E-state index contributed by atoms with van der Waals surface area (Å²) in [5.41, 5.74) is 0.306. The number of Topliss-reactive ketones (excluding diaryl/α,β-unsaturated/α-hetero) is 1. The normalized spacial score (nSPS) is 55.9. The molecule has 0 bridgehead atoms. The molecular formula is C20H32O3. The topological polar surface area (TPSA) is 46.5 Å². The van der Waals surface area contributed by atoms with E-state index in [-0.39, 0.29) is 29.0 Å². The van der Waals surface area contributed by atoms with Crippen molar-refractivity contribution in [3.05, 3.63) is 0 Å². The third kappa shape index (κ3) is 2.18. The van der Waals surface area contributed by atoms with Crippen LogP contribution in [0.3, 0.4) is 0 Å². The number of carbonyl (C=O) groups excluding carboxylic acids is 1. The van der Waals surface area contributed by atoms with Gasteiger partial charge in [-0.2, -0.15) is 0 Å². The molecule has 130 valence electrons. The van der Waals surface area contributed by atoms with Crippen LogP contribution < -0.4 is 0 Å². The van der Waals surface area contributed by atoms with Gasteiger partial charge in [0.2, 0.25) is 0 Å². The van der Waals surface area contributed by atoms with Crippen LogP contribution in [0.5, 0.6) is 0 Å². The van der Waals surface area contributed by atoms with Gasteiger partial charge in [0.1, 0.15) is 5.78 Å². The van der Waals surface area contributed by atoms with Gasteiger partial charge in [-0.1, -0.05) is 20.3 Å². The molecule has 8 atom stereocenters. The van der Waals surface area contributed by atoms with Crippen molar-refractivity contribution in [1.29, 1.82) is 0 Å². The third-order valence-electron chi connectivity index (χ3n) is 8.42. The van der Waals surface area contributed by atoms with Crippen molar-refractivity contribution in [2.45, 2.75) is 77.4 Å². The fraction of sp³-hybridized carbons (Fsp3) is 0.950. The van der Waals surface area contributed by atoms with Crippen LogP contribution >= 0.6 is 0 Å². The van der Waals surface area contributed by atoms with Gasteiger partial charge in [0, 0.05) is 19.4 Å². The van der Waals surface area contributed by atoms with Gasteiger partial charge in [0.25, 0.3) is 0 Å². The number of rotatable bonds is 1. The number of carbonyl (C=O) groups is 1. The molecule has 23 heavy (non-hydrogen) atoms. The Balaban J connectivity index is 1.69. The molecule has 4 saturated carbocycles. The summed E-state index contributed by atoms with van der Waals surface area (Å²) in [4.78, 5) is 13.2. The van der Waals surface area contributed by atoms with Gasteiger partial charge in [-0.3, -0.25) is 4.79 Å². The van der Waals surface area contributed by atoms with E-state index in [1.165, 1.54) is 32.1 Å². The van der Waals surface area contributed by atoms with E-state index in [4.69, 9.17) is 4.74 Å². The quantitative estimate of drug-likeness (QED) is 0.803. The largest absolute Gasteiger partial charge is 0.390 e. The van der Waals surface area contributed by atoms with Crippen LogP contribution in [0.2, 0.25) is 0 Å². The van der Waals surface area contributed by atoms with Gasteiger partial charge in [-0.05, 0) is 67.1 Å². The van der Waals surface area contributed by atoms with Crippen molar-refractivity contribution in [2.75, 3.05) is 7.11 Å². The molecule has 0 amide bonds. The molecule has 1 N–H and O–H groups in total. The number of ketones is 1. The Labute approximate surface area is 140 Å². The second-order valence-corrected chi connectivity index (χ2v) is 9.50. The van der Waals surface area contributed by atoms with Gasteiger partial charge in [0.15, 0.2) is 0 Å². The number of hydrogen-bond donors (Lipinski definition) is 1. The molecule has 0 aromatic carbocycles. The van der Waals surface area contributed by atoms with E-state index in [1.807, 2.05) is 0 Å². The number of fused-ring (bicyclic) bond motifs is 5. The maximum atomic E-state index is 13.2. The molecule has 3 nitrogen and oxygen atoms in total. The lowest BCUT2D eigenvalue weighted by Crippen LogP contribution is -2.59. The summed E-state index contributed by atoms with van der Waals surface area (Å²) in [6.45, 7) is 4.71. The summed E-state index contributed by atoms with van der Waals surface area (Å²) in [6.07, 6.45) is 8.25. The van der Waals surface area contributed by atoms with E-state index in [0.29, 0.717) is 17.6 Å². The average Bonchev–Trinajstić information content (AvgIpc) is 2.88. The lowest BCUT2D eigenvalue weighted by molar-refractivity contribution is -0.174. The Hall–Kier alpha value is -0.410. The van der Waals surface area contributed by atoms with Gasteiger partial charge in [-0.25, -0.2) is 0 Å². The van der Waals surface area contributed by atoms with Crippen LogP contribution in [0.25, 0.3) is 0 Å². The van der Waals surface area contributed by atoms with E-state index in [9.17, 15) is 9.90 Å². The SMILES string of the molecule is COC1CC2(C)C(CCC3C4CCCC4(C)CC(=O)C32)CC1O. The number of aliphatic hydroxyl groups excluding tert-OH is 1. The first-order chi connectivity index (χ1) is 10.9. The second kappa shape index (κ2) is 5.29. The highest BCUT2D eigenvalue weighted by atomic mass is 16.5. The van der Waals surface area contributed by atoms with Gasteiger partial charge >= 0.3 is 0 Å². The van der Waals surface area contributed by atoms with Crippen LogP contribution in [0.15, 0.2) is 0 Å². The predicted molar refractivity (Wildman–Crippen MR) is 88.9 cm³/mol. The average molecular weight is 320 g/mol. The van der Waals surface area contributed by atoms with E-state index < -0.39 is 0 Å². The van der Waals surface area contributed by atoms with E-state index in [0.717, 1.165) is 25.2 Å². The molecule has 0 aromatic rings. The summed E-state index contributed by atoms with van der Waals surface area (Å²) in [6, 6.07) is 0. The molecule has 0 aliphatic heterocycles. The molecular weight excluding hydrogens is 288 g/mol. The Morgan fingerprint density at radius 1 is 1.22 bits per heavy atom. The Bertz CT molecular complexity index is 503. The maximum Gasteiger partial charge on any atom is 0.137 e. The van der Waals surface area contributed by atoms with Gasteiger partial charge < -0.3 is 9.84 Å². The lowest BCUT2D eigenvalue weighted by atomic mass is 9.44. The molecule has 4 aliphatic carbocycles. The minimum absolute atomic E-state index is 0.0316. The highest BCUT2D eigenvalue weighted by molar-refractivity contribution is 5.84. The van der Waals surface area contributed by atoms with E-state index >= 15 is 0 Å². The van der Waals surface area contributed by atoms with Crippen molar-refractivity contribution in [1.82, 2.24) is 0 Å². The standard InChI is InChI=1S/C20H32O3/c1-19-8-4-5-14(19)13-7-6-12-9-15(21)17(23-3)11-20(12,2)18(13)16(22)10-19/h12-15,17-18,21H,4-11H2,1-3H3. The number of hydrogen-bond acceptors (Lipinski definition) is 3. The summed E-state index contributed by atoms with van der Waals surface area (Å²) < 4.78 is 5.58. The smallest absolute Gasteiger partial charge is 0.137 e. The predicted octanol–water partition coefficient (Wildman–Crippen LogP) is 3.58. The number of aliphatic hydroxyl groups is 1. The summed E-state index contributed by atoms with van der Waals surface area (Å²) in [5, 5.41) is 10.4. The first-order valence-electron chi connectivity index (χ1n) is 9.62. The van der Waals surface area contributed by atoms with E-state index in [1.54, 1.807) is 7.11 Å². The Morgan fingerprint density at radius 3 is 2.74 bits per heavy atom.